The highest BCUT2D eigenvalue weighted by atomic mass is 16.5. The largest absolute Gasteiger partial charge is 0.497 e. The van der Waals surface area contributed by atoms with Crippen LogP contribution in [0.4, 0.5) is 0 Å². The van der Waals surface area contributed by atoms with Gasteiger partial charge in [0.2, 0.25) is 11.7 Å². The minimum Gasteiger partial charge on any atom is -0.497 e. The smallest absolute Gasteiger partial charge is 0.251 e. The standard InChI is InChI=1S/C25H27N5O4/c1-15-5-6-17(11-16(15)2)20-13-21-25(31)29(9-10-30(21)27-20)14-23-26-24(28-34-23)19-8-7-18(32-3)12-22(19)33-4/h5-12,20-21,27H,13-14H2,1-4H3. The van der Waals surface area contributed by atoms with E-state index < -0.39 is 0 Å². The lowest BCUT2D eigenvalue weighted by Crippen LogP contribution is -2.47. The Labute approximate surface area is 197 Å². The number of carbonyl (C=O) groups is 1. The van der Waals surface area contributed by atoms with Gasteiger partial charge in [-0.3, -0.25) is 4.79 Å². The minimum atomic E-state index is -0.291. The number of rotatable bonds is 6. The summed E-state index contributed by atoms with van der Waals surface area (Å²) in [6, 6.07) is 11.6. The number of nitrogens with one attached hydrogen (secondary N) is 1. The molecule has 1 amide bonds. The van der Waals surface area contributed by atoms with E-state index in [1.165, 1.54) is 16.7 Å². The number of benzene rings is 2. The van der Waals surface area contributed by atoms with Crippen LogP contribution in [-0.2, 0) is 11.3 Å². The Hall–Kier alpha value is -3.85. The Morgan fingerprint density at radius 1 is 1.09 bits per heavy atom. The fourth-order valence-electron chi connectivity index (χ4n) is 4.32. The van der Waals surface area contributed by atoms with E-state index in [1.54, 1.807) is 37.5 Å². The van der Waals surface area contributed by atoms with Crippen LogP contribution < -0.4 is 14.9 Å². The Kier molecular flexibility index (Phi) is 5.70. The zero-order valence-corrected chi connectivity index (χ0v) is 19.6. The fourth-order valence-corrected chi connectivity index (χ4v) is 4.32. The average Bonchev–Trinajstić information content (AvgIpc) is 3.50. The van der Waals surface area contributed by atoms with E-state index in [9.17, 15) is 4.79 Å². The summed E-state index contributed by atoms with van der Waals surface area (Å²) < 4.78 is 16.1. The van der Waals surface area contributed by atoms with E-state index in [2.05, 4.69) is 47.6 Å². The third kappa shape index (κ3) is 3.99. The summed E-state index contributed by atoms with van der Waals surface area (Å²) in [7, 11) is 3.16. The molecule has 9 nitrogen and oxygen atoms in total. The molecule has 0 radical (unpaired) electrons. The molecule has 0 bridgehead atoms. The van der Waals surface area contributed by atoms with Crippen molar-refractivity contribution in [2.75, 3.05) is 14.2 Å². The molecule has 2 unspecified atom stereocenters. The fraction of sp³-hybridized carbons (Fsp3) is 0.320. The maximum atomic E-state index is 13.2. The molecule has 0 spiro atoms. The lowest BCUT2D eigenvalue weighted by atomic mass is 9.97. The molecule has 0 aliphatic carbocycles. The van der Waals surface area contributed by atoms with Crippen molar-refractivity contribution in [1.29, 1.82) is 0 Å². The minimum absolute atomic E-state index is 0.0110. The molecule has 1 aromatic heterocycles. The highest BCUT2D eigenvalue weighted by molar-refractivity contribution is 5.84. The summed E-state index contributed by atoms with van der Waals surface area (Å²) in [5.74, 6) is 1.97. The summed E-state index contributed by atoms with van der Waals surface area (Å²) in [5.41, 5.74) is 7.81. The molecule has 2 atom stereocenters. The van der Waals surface area contributed by atoms with Crippen molar-refractivity contribution in [3.05, 3.63) is 71.4 Å². The molecule has 3 heterocycles. The molecular weight excluding hydrogens is 434 g/mol. The van der Waals surface area contributed by atoms with Crippen LogP contribution in [0, 0.1) is 13.8 Å². The number of aryl methyl sites for hydroxylation is 2. The van der Waals surface area contributed by atoms with Gasteiger partial charge in [-0.1, -0.05) is 23.4 Å². The molecule has 2 aliphatic rings. The van der Waals surface area contributed by atoms with Crippen molar-refractivity contribution >= 4 is 5.91 Å². The van der Waals surface area contributed by atoms with Crippen molar-refractivity contribution < 1.29 is 18.8 Å². The van der Waals surface area contributed by atoms with E-state index in [4.69, 9.17) is 14.0 Å². The van der Waals surface area contributed by atoms with Crippen molar-refractivity contribution in [3.8, 4) is 22.9 Å². The van der Waals surface area contributed by atoms with Crippen LogP contribution in [0.15, 0.2) is 53.3 Å². The summed E-state index contributed by atoms with van der Waals surface area (Å²) in [6.07, 6.45) is 4.31. The van der Waals surface area contributed by atoms with Crippen LogP contribution in [0.2, 0.25) is 0 Å². The number of hydrogen-bond acceptors (Lipinski definition) is 8. The second-order valence-corrected chi connectivity index (χ2v) is 8.53. The molecule has 34 heavy (non-hydrogen) atoms. The van der Waals surface area contributed by atoms with Gasteiger partial charge in [0.15, 0.2) is 0 Å². The number of ether oxygens (including phenoxy) is 2. The topological polar surface area (TPSA) is 93.0 Å². The Balaban J connectivity index is 1.29. The van der Waals surface area contributed by atoms with Crippen LogP contribution >= 0.6 is 0 Å². The number of methoxy groups -OCH3 is 2. The third-order valence-electron chi connectivity index (χ3n) is 6.43. The van der Waals surface area contributed by atoms with E-state index in [1.807, 2.05) is 17.3 Å². The Bertz CT molecular complexity index is 1250. The van der Waals surface area contributed by atoms with Gasteiger partial charge in [0.25, 0.3) is 5.91 Å². The Morgan fingerprint density at radius 3 is 2.71 bits per heavy atom. The first-order valence-electron chi connectivity index (χ1n) is 11.1. The molecule has 0 saturated carbocycles. The van der Waals surface area contributed by atoms with Gasteiger partial charge >= 0.3 is 0 Å². The number of nitrogens with zero attached hydrogens (tertiary/aromatic N) is 4. The van der Waals surface area contributed by atoms with Crippen molar-refractivity contribution in [2.24, 2.45) is 0 Å². The maximum absolute atomic E-state index is 13.2. The first-order valence-corrected chi connectivity index (χ1v) is 11.1. The van der Waals surface area contributed by atoms with Gasteiger partial charge in [0.05, 0.1) is 25.8 Å². The molecule has 1 N–H and O–H groups in total. The van der Waals surface area contributed by atoms with Crippen molar-refractivity contribution in [1.82, 2.24) is 25.5 Å². The quantitative estimate of drug-likeness (QED) is 0.596. The highest BCUT2D eigenvalue weighted by Crippen LogP contribution is 2.33. The van der Waals surface area contributed by atoms with E-state index in [0.717, 1.165) is 0 Å². The van der Waals surface area contributed by atoms with E-state index in [0.29, 0.717) is 35.2 Å². The van der Waals surface area contributed by atoms with Gasteiger partial charge < -0.3 is 23.9 Å². The summed E-state index contributed by atoms with van der Waals surface area (Å²) >= 11 is 0. The SMILES string of the molecule is COc1ccc(-c2noc(CN3C=CN4NC(c5ccc(C)c(C)c5)CC4C3=O)n2)c(OC)c1. The number of aromatic nitrogens is 2. The van der Waals surface area contributed by atoms with Gasteiger partial charge in [-0.15, -0.1) is 0 Å². The molecule has 1 saturated heterocycles. The zero-order chi connectivity index (χ0) is 23.8. The highest BCUT2D eigenvalue weighted by Gasteiger charge is 2.40. The molecule has 9 heteroatoms. The van der Waals surface area contributed by atoms with Crippen molar-refractivity contribution in [2.45, 2.75) is 38.9 Å². The third-order valence-corrected chi connectivity index (χ3v) is 6.43. The molecule has 3 aromatic rings. The van der Waals surface area contributed by atoms with E-state index in [-0.39, 0.29) is 24.5 Å². The lowest BCUT2D eigenvalue weighted by molar-refractivity contribution is -0.135. The average molecular weight is 462 g/mol. The number of fused-ring (bicyclic) bond motifs is 1. The monoisotopic (exact) mass is 461 g/mol. The van der Waals surface area contributed by atoms with Crippen LogP contribution in [0.3, 0.4) is 0 Å². The van der Waals surface area contributed by atoms with E-state index >= 15 is 0 Å². The van der Waals surface area contributed by atoms with Crippen LogP contribution in [0.1, 0.15) is 35.0 Å². The van der Waals surface area contributed by atoms with Crippen LogP contribution in [0.5, 0.6) is 11.5 Å². The second-order valence-electron chi connectivity index (χ2n) is 8.53. The molecule has 2 aliphatic heterocycles. The molecular formula is C25H27N5O4. The van der Waals surface area contributed by atoms with Crippen molar-refractivity contribution in [3.63, 3.8) is 0 Å². The number of amides is 1. The molecule has 2 aromatic carbocycles. The number of hydrazine groups is 1. The predicted octanol–water partition coefficient (Wildman–Crippen LogP) is 3.50. The summed E-state index contributed by atoms with van der Waals surface area (Å²) in [4.78, 5) is 19.3. The van der Waals surface area contributed by atoms with Gasteiger partial charge in [0, 0.05) is 18.5 Å². The summed E-state index contributed by atoms with van der Waals surface area (Å²) in [5, 5.41) is 5.97. The first-order chi connectivity index (χ1) is 16.5. The van der Waals surface area contributed by atoms with Gasteiger partial charge in [-0.25, -0.2) is 5.43 Å². The lowest BCUT2D eigenvalue weighted by Gasteiger charge is -2.30. The first kappa shape index (κ1) is 22.0. The van der Waals surface area contributed by atoms with Gasteiger partial charge in [-0.2, -0.15) is 4.98 Å². The van der Waals surface area contributed by atoms with Crippen LogP contribution in [-0.4, -0.2) is 46.2 Å². The molecule has 5 rings (SSSR count). The molecule has 1 fully saturated rings. The normalized spacial score (nSPS) is 19.5. The predicted molar refractivity (Wildman–Crippen MR) is 125 cm³/mol. The molecule has 176 valence electrons. The van der Waals surface area contributed by atoms with Gasteiger partial charge in [-0.05, 0) is 49.1 Å². The second kappa shape index (κ2) is 8.83. The summed E-state index contributed by atoms with van der Waals surface area (Å²) in [6.45, 7) is 4.40. The Morgan fingerprint density at radius 2 is 1.94 bits per heavy atom. The number of carbonyl (C=O) groups excluding carboxylic acids is 1. The maximum Gasteiger partial charge on any atom is 0.251 e. The van der Waals surface area contributed by atoms with Gasteiger partial charge in [0.1, 0.15) is 24.1 Å². The number of hydrogen-bond donors (Lipinski definition) is 1. The van der Waals surface area contributed by atoms with Crippen LogP contribution in [0.25, 0.3) is 11.4 Å². The zero-order valence-electron chi connectivity index (χ0n) is 19.6.